The number of hydrogen-bond donors (Lipinski definition) is 0. The molecule has 0 N–H and O–H groups in total. The van der Waals surface area contributed by atoms with Gasteiger partial charge in [0.1, 0.15) is 13.2 Å². The van der Waals surface area contributed by atoms with E-state index >= 15 is 0 Å². The smallest absolute Gasteiger partial charge is 0.306 e. The number of unbranched alkanes of at least 4 members (excludes halogenated alkanes) is 35. The van der Waals surface area contributed by atoms with Crippen molar-refractivity contribution < 1.29 is 28.6 Å². The molecular formula is C68H120O6. The zero-order chi connectivity index (χ0) is 53.6. The van der Waals surface area contributed by atoms with Crippen LogP contribution in [0.2, 0.25) is 0 Å². The molecule has 0 aromatic rings. The molecule has 0 radical (unpaired) electrons. The van der Waals surface area contributed by atoms with Gasteiger partial charge in [0.05, 0.1) is 0 Å². The molecule has 428 valence electrons. The van der Waals surface area contributed by atoms with Gasteiger partial charge < -0.3 is 14.2 Å². The van der Waals surface area contributed by atoms with E-state index in [2.05, 4.69) is 93.7 Å². The average Bonchev–Trinajstić information content (AvgIpc) is 3.40. The highest BCUT2D eigenvalue weighted by molar-refractivity contribution is 5.71. The quantitative estimate of drug-likeness (QED) is 0.0261. The van der Waals surface area contributed by atoms with Crippen molar-refractivity contribution in [3.8, 4) is 0 Å². The Kier molecular flexibility index (Phi) is 59.7. The van der Waals surface area contributed by atoms with E-state index < -0.39 is 6.10 Å². The maximum Gasteiger partial charge on any atom is 0.306 e. The maximum atomic E-state index is 12.8. The van der Waals surface area contributed by atoms with E-state index in [1.807, 2.05) is 0 Å². The molecule has 0 rings (SSSR count). The number of rotatable bonds is 58. The minimum absolute atomic E-state index is 0.0903. The Morgan fingerprint density at radius 2 is 0.527 bits per heavy atom. The lowest BCUT2D eigenvalue weighted by molar-refractivity contribution is -0.167. The Labute approximate surface area is 459 Å². The molecular weight excluding hydrogens is 913 g/mol. The van der Waals surface area contributed by atoms with E-state index in [1.54, 1.807) is 0 Å². The van der Waals surface area contributed by atoms with Gasteiger partial charge in [0.2, 0.25) is 0 Å². The van der Waals surface area contributed by atoms with Gasteiger partial charge in [0, 0.05) is 19.3 Å². The van der Waals surface area contributed by atoms with Crippen LogP contribution in [0.3, 0.4) is 0 Å². The van der Waals surface area contributed by atoms with E-state index in [0.29, 0.717) is 19.3 Å². The fraction of sp³-hybridized carbons (Fsp3) is 0.779. The van der Waals surface area contributed by atoms with Crippen molar-refractivity contribution in [1.29, 1.82) is 0 Å². The van der Waals surface area contributed by atoms with Gasteiger partial charge >= 0.3 is 17.9 Å². The molecule has 6 nitrogen and oxygen atoms in total. The normalized spacial score (nSPS) is 12.5. The molecule has 0 heterocycles. The highest BCUT2D eigenvalue weighted by Gasteiger charge is 2.19. The van der Waals surface area contributed by atoms with Crippen LogP contribution < -0.4 is 0 Å². The molecule has 1 unspecified atom stereocenters. The number of esters is 3. The zero-order valence-corrected chi connectivity index (χ0v) is 49.1. The van der Waals surface area contributed by atoms with E-state index in [9.17, 15) is 14.4 Å². The van der Waals surface area contributed by atoms with Gasteiger partial charge in [-0.15, -0.1) is 0 Å². The molecule has 0 aliphatic rings. The molecule has 0 aliphatic heterocycles. The molecule has 0 spiro atoms. The van der Waals surface area contributed by atoms with Crippen molar-refractivity contribution in [2.45, 2.75) is 329 Å². The number of hydrogen-bond acceptors (Lipinski definition) is 6. The molecule has 0 fully saturated rings. The predicted octanol–water partition coefficient (Wildman–Crippen LogP) is 21.7. The molecule has 1 atom stereocenters. The van der Waals surface area contributed by atoms with Gasteiger partial charge in [-0.25, -0.2) is 0 Å². The third-order valence-corrected chi connectivity index (χ3v) is 14.0. The zero-order valence-electron chi connectivity index (χ0n) is 49.1. The summed E-state index contributed by atoms with van der Waals surface area (Å²) in [6, 6.07) is 0. The van der Waals surface area contributed by atoms with Crippen molar-refractivity contribution in [1.82, 2.24) is 0 Å². The van der Waals surface area contributed by atoms with Crippen LogP contribution in [0.25, 0.3) is 0 Å². The Bertz CT molecular complexity index is 1370. The van der Waals surface area contributed by atoms with Crippen LogP contribution in [0, 0.1) is 0 Å². The molecule has 0 saturated heterocycles. The summed E-state index contributed by atoms with van der Waals surface area (Å²) in [5, 5.41) is 0. The molecule has 0 aliphatic carbocycles. The van der Waals surface area contributed by atoms with Gasteiger partial charge in [-0.05, 0) is 70.6 Å². The second-order valence-electron chi connectivity index (χ2n) is 21.3. The topological polar surface area (TPSA) is 78.9 Å². The highest BCUT2D eigenvalue weighted by Crippen LogP contribution is 2.17. The lowest BCUT2D eigenvalue weighted by Crippen LogP contribution is -2.30. The first-order chi connectivity index (χ1) is 36.5. The monoisotopic (exact) mass is 1030 g/mol. The Hall–Kier alpha value is -3.15. The third-order valence-electron chi connectivity index (χ3n) is 14.0. The summed E-state index contributed by atoms with van der Waals surface area (Å²) in [6.45, 7) is 6.46. The summed E-state index contributed by atoms with van der Waals surface area (Å²) < 4.78 is 16.8. The first-order valence-corrected chi connectivity index (χ1v) is 31.9. The molecule has 74 heavy (non-hydrogen) atoms. The predicted molar refractivity (Wildman–Crippen MR) is 321 cm³/mol. The Morgan fingerprint density at radius 1 is 0.284 bits per heavy atom. The average molecular weight is 1030 g/mol. The minimum Gasteiger partial charge on any atom is -0.462 e. The number of ether oxygens (including phenoxy) is 3. The number of carbonyl (C=O) groups excluding carboxylic acids is 3. The highest BCUT2D eigenvalue weighted by atomic mass is 16.6. The summed E-state index contributed by atoms with van der Waals surface area (Å²) in [5.41, 5.74) is 0. The van der Waals surface area contributed by atoms with Crippen LogP contribution in [0.1, 0.15) is 323 Å². The first-order valence-electron chi connectivity index (χ1n) is 31.9. The second-order valence-corrected chi connectivity index (χ2v) is 21.3. The Morgan fingerprint density at radius 3 is 0.824 bits per heavy atom. The maximum absolute atomic E-state index is 12.8. The van der Waals surface area contributed by atoms with Gasteiger partial charge in [0.15, 0.2) is 6.10 Å². The van der Waals surface area contributed by atoms with Crippen molar-refractivity contribution >= 4 is 17.9 Å². The number of allylic oxidation sites excluding steroid dienone is 12. The van der Waals surface area contributed by atoms with Crippen molar-refractivity contribution in [3.63, 3.8) is 0 Å². The van der Waals surface area contributed by atoms with E-state index in [-0.39, 0.29) is 37.5 Å². The molecule has 0 saturated carbocycles. The SMILES string of the molecule is CC/C=C\C/C=C\C/C=C\C/C=C\C/C=C\C/C=C\CCCCC(=O)OC(COC(=O)CCCCCCCC)COC(=O)CCCCCCCCCCCCCCCCCCCCCCCCCCCCCCC. The first kappa shape index (κ1) is 70.8. The van der Waals surface area contributed by atoms with Crippen molar-refractivity contribution in [2.24, 2.45) is 0 Å². The van der Waals surface area contributed by atoms with Gasteiger partial charge in [-0.2, -0.15) is 0 Å². The minimum atomic E-state index is -0.795. The van der Waals surface area contributed by atoms with Crippen molar-refractivity contribution in [2.75, 3.05) is 13.2 Å². The molecule has 0 bridgehead atoms. The summed E-state index contributed by atoms with van der Waals surface area (Å²) in [5.74, 6) is -0.933. The standard InChI is InChI=1S/C68H120O6/c1-4-7-10-13-16-18-20-22-24-26-28-30-31-32-33-34-35-36-37-39-40-42-44-46-48-50-52-55-58-61-67(70)73-64-65(63-72-66(69)60-57-54-15-12-9-6-3)74-68(71)62-59-56-53-51-49-47-45-43-41-38-29-27-25-23-21-19-17-14-11-8-5-2/h8,11,17,19,23,25,29,38,43,45,49,51,65H,4-7,9-10,12-16,18,20-22,24,26-28,30-37,39-42,44,46-48,50,52-64H2,1-3H3/b11-8-,19-17-,25-23-,38-29-,45-43-,51-49-. The van der Waals surface area contributed by atoms with Gasteiger partial charge in [-0.1, -0.05) is 306 Å². The lowest BCUT2D eigenvalue weighted by atomic mass is 10.0. The number of carbonyl (C=O) groups is 3. The second kappa shape index (κ2) is 62.4. The van der Waals surface area contributed by atoms with E-state index in [1.165, 1.54) is 186 Å². The Balaban J connectivity index is 4.08. The van der Waals surface area contributed by atoms with Crippen LogP contribution in [0.15, 0.2) is 72.9 Å². The summed E-state index contributed by atoms with van der Waals surface area (Å²) in [4.78, 5) is 38.0. The fourth-order valence-corrected chi connectivity index (χ4v) is 9.21. The van der Waals surface area contributed by atoms with Gasteiger partial charge in [-0.3, -0.25) is 14.4 Å². The molecule has 0 aromatic heterocycles. The molecule has 0 aromatic carbocycles. The van der Waals surface area contributed by atoms with Crippen LogP contribution in [-0.2, 0) is 28.6 Å². The van der Waals surface area contributed by atoms with Crippen LogP contribution in [0.4, 0.5) is 0 Å². The van der Waals surface area contributed by atoms with Crippen molar-refractivity contribution in [3.05, 3.63) is 72.9 Å². The summed E-state index contributed by atoms with van der Waals surface area (Å²) in [7, 11) is 0. The largest absolute Gasteiger partial charge is 0.462 e. The van der Waals surface area contributed by atoms with Crippen LogP contribution in [-0.4, -0.2) is 37.2 Å². The molecule has 6 heteroatoms. The fourth-order valence-electron chi connectivity index (χ4n) is 9.21. The van der Waals surface area contributed by atoms with Gasteiger partial charge in [0.25, 0.3) is 0 Å². The van der Waals surface area contributed by atoms with E-state index in [4.69, 9.17) is 14.2 Å². The third kappa shape index (κ3) is 59.7. The van der Waals surface area contributed by atoms with E-state index in [0.717, 1.165) is 89.9 Å². The van der Waals surface area contributed by atoms with Crippen LogP contribution in [0.5, 0.6) is 0 Å². The van der Waals surface area contributed by atoms with Crippen LogP contribution >= 0.6 is 0 Å². The molecule has 0 amide bonds. The summed E-state index contributed by atoms with van der Waals surface area (Å²) >= 11 is 0. The lowest BCUT2D eigenvalue weighted by Gasteiger charge is -2.18. The summed E-state index contributed by atoms with van der Waals surface area (Å²) in [6.07, 6.45) is 81.1.